The monoisotopic (exact) mass is 377 g/mol. The van der Waals surface area contributed by atoms with E-state index in [0.717, 1.165) is 4.34 Å². The molecule has 1 aromatic heterocycles. The summed E-state index contributed by atoms with van der Waals surface area (Å²) in [7, 11) is 0. The van der Waals surface area contributed by atoms with Gasteiger partial charge in [-0.15, -0.1) is 10.2 Å². The number of rotatable bonds is 6. The van der Waals surface area contributed by atoms with Crippen LogP contribution in [0.25, 0.3) is 0 Å². The number of para-hydroxylation sites is 1. The molecule has 3 rings (SSSR count). The number of hydrogen-bond donors (Lipinski definition) is 1. The summed E-state index contributed by atoms with van der Waals surface area (Å²) in [6.45, 7) is 0. The number of hydrogen-bond acceptors (Lipinski definition) is 6. The van der Waals surface area contributed by atoms with Gasteiger partial charge in [0.2, 0.25) is 5.91 Å². The van der Waals surface area contributed by atoms with E-state index >= 15 is 0 Å². The molecule has 0 radical (unpaired) electrons. The Morgan fingerprint density at radius 2 is 2.00 bits per heavy atom. The van der Waals surface area contributed by atoms with Crippen LogP contribution in [-0.4, -0.2) is 21.9 Å². The van der Waals surface area contributed by atoms with Crippen LogP contribution >= 0.6 is 34.7 Å². The number of thioether (sulfide) groups is 1. The molecule has 1 N–H and O–H groups in total. The summed E-state index contributed by atoms with van der Waals surface area (Å²) >= 11 is 8.82. The van der Waals surface area contributed by atoms with Crippen molar-refractivity contribution in [1.29, 1.82) is 0 Å². The van der Waals surface area contributed by atoms with E-state index in [2.05, 4.69) is 15.5 Å². The van der Waals surface area contributed by atoms with E-state index in [0.29, 0.717) is 22.2 Å². The molecule has 0 aliphatic rings. The number of halogens is 1. The number of nitrogens with one attached hydrogen (secondary N) is 1. The zero-order valence-corrected chi connectivity index (χ0v) is 14.7. The fourth-order valence-electron chi connectivity index (χ4n) is 1.81. The van der Waals surface area contributed by atoms with E-state index in [1.54, 1.807) is 41.9 Å². The first-order valence-corrected chi connectivity index (χ1v) is 9.16. The van der Waals surface area contributed by atoms with Crippen LogP contribution in [0.2, 0.25) is 5.02 Å². The fraction of sp³-hybridized carbons (Fsp3) is 0.0625. The highest BCUT2D eigenvalue weighted by Gasteiger charge is 2.06. The smallest absolute Gasteiger partial charge is 0.234 e. The van der Waals surface area contributed by atoms with Crippen molar-refractivity contribution in [2.24, 2.45) is 0 Å². The molecule has 0 fully saturated rings. The lowest BCUT2D eigenvalue weighted by Gasteiger charge is -2.09. The Morgan fingerprint density at radius 1 is 1.21 bits per heavy atom. The Labute approximate surface area is 152 Å². The summed E-state index contributed by atoms with van der Waals surface area (Å²) in [4.78, 5) is 11.9. The Morgan fingerprint density at radius 3 is 2.71 bits per heavy atom. The van der Waals surface area contributed by atoms with Gasteiger partial charge >= 0.3 is 0 Å². The van der Waals surface area contributed by atoms with Crippen molar-refractivity contribution in [2.75, 3.05) is 11.1 Å². The summed E-state index contributed by atoms with van der Waals surface area (Å²) in [6.07, 6.45) is 0. The second-order valence-corrected chi connectivity index (χ2v) is 7.06. The predicted octanol–water partition coefficient (Wildman–Crippen LogP) is 4.71. The average Bonchev–Trinajstić information content (AvgIpc) is 3.10. The molecule has 0 aliphatic carbocycles. The number of nitrogens with zero attached hydrogens (tertiary/aromatic N) is 2. The molecule has 0 atom stereocenters. The van der Waals surface area contributed by atoms with Crippen molar-refractivity contribution < 1.29 is 9.53 Å². The molecule has 0 spiro atoms. The molecule has 0 saturated carbocycles. The molecule has 0 bridgehead atoms. The van der Waals surface area contributed by atoms with Gasteiger partial charge in [-0.1, -0.05) is 46.8 Å². The minimum Gasteiger partial charge on any atom is -0.456 e. The number of carbonyl (C=O) groups excluding carboxylic acids is 1. The maximum Gasteiger partial charge on any atom is 0.234 e. The Hall–Kier alpha value is -2.09. The molecule has 8 heteroatoms. The van der Waals surface area contributed by atoms with Crippen LogP contribution in [0.15, 0.2) is 58.4 Å². The third-order valence-corrected chi connectivity index (χ3v) is 5.04. The van der Waals surface area contributed by atoms with Crippen LogP contribution in [0.5, 0.6) is 11.5 Å². The average molecular weight is 378 g/mol. The van der Waals surface area contributed by atoms with Crippen molar-refractivity contribution >= 4 is 46.3 Å². The summed E-state index contributed by atoms with van der Waals surface area (Å²) in [6, 6.07) is 14.4. The SMILES string of the molecule is O=C(CSc1nncs1)Nc1ccc(Oc2ccccc2Cl)cc1. The van der Waals surface area contributed by atoms with Crippen molar-refractivity contribution in [1.82, 2.24) is 10.2 Å². The molecule has 5 nitrogen and oxygen atoms in total. The van der Waals surface area contributed by atoms with E-state index < -0.39 is 0 Å². The van der Waals surface area contributed by atoms with Gasteiger partial charge in [0.05, 0.1) is 10.8 Å². The van der Waals surface area contributed by atoms with Crippen LogP contribution in [-0.2, 0) is 4.79 Å². The van der Waals surface area contributed by atoms with E-state index in [9.17, 15) is 4.79 Å². The number of amides is 1. The van der Waals surface area contributed by atoms with Crippen molar-refractivity contribution in [3.63, 3.8) is 0 Å². The normalized spacial score (nSPS) is 10.4. The number of aromatic nitrogens is 2. The fourth-order valence-corrected chi connectivity index (χ4v) is 3.27. The van der Waals surface area contributed by atoms with Gasteiger partial charge < -0.3 is 10.1 Å². The molecule has 1 amide bonds. The zero-order chi connectivity index (χ0) is 16.8. The highest BCUT2D eigenvalue weighted by molar-refractivity contribution is 8.01. The summed E-state index contributed by atoms with van der Waals surface area (Å²) in [5, 5.41) is 11.0. The lowest BCUT2D eigenvalue weighted by atomic mass is 10.3. The highest BCUT2D eigenvalue weighted by Crippen LogP contribution is 2.29. The Kier molecular flexibility index (Phi) is 5.68. The van der Waals surface area contributed by atoms with Crippen LogP contribution in [0.3, 0.4) is 0 Å². The van der Waals surface area contributed by atoms with Crippen molar-refractivity contribution in [2.45, 2.75) is 4.34 Å². The first-order chi connectivity index (χ1) is 11.7. The summed E-state index contributed by atoms with van der Waals surface area (Å²) < 4.78 is 6.47. The molecule has 24 heavy (non-hydrogen) atoms. The standard InChI is InChI=1S/C16H12ClN3O2S2/c17-13-3-1-2-4-14(13)22-12-7-5-11(6-8-12)19-15(21)9-23-16-20-18-10-24-16/h1-8,10H,9H2,(H,19,21). The van der Waals surface area contributed by atoms with Gasteiger partial charge in [0, 0.05) is 5.69 Å². The van der Waals surface area contributed by atoms with Gasteiger partial charge in [-0.3, -0.25) is 4.79 Å². The third kappa shape index (κ3) is 4.70. The first-order valence-electron chi connectivity index (χ1n) is 6.92. The number of benzene rings is 2. The third-order valence-electron chi connectivity index (χ3n) is 2.87. The van der Waals surface area contributed by atoms with Crippen molar-refractivity contribution in [3.05, 3.63) is 59.1 Å². The number of anilines is 1. The van der Waals surface area contributed by atoms with E-state index in [1.165, 1.54) is 23.1 Å². The second kappa shape index (κ2) is 8.14. The van der Waals surface area contributed by atoms with Crippen LogP contribution in [0.4, 0.5) is 5.69 Å². The molecule has 3 aromatic rings. The molecule has 0 unspecified atom stereocenters. The van der Waals surface area contributed by atoms with Crippen molar-refractivity contribution in [3.8, 4) is 11.5 Å². The maximum atomic E-state index is 11.9. The summed E-state index contributed by atoms with van der Waals surface area (Å²) in [5.41, 5.74) is 2.34. The van der Waals surface area contributed by atoms with Gasteiger partial charge in [-0.25, -0.2) is 0 Å². The Balaban J connectivity index is 1.54. The molecule has 2 aromatic carbocycles. The van der Waals surface area contributed by atoms with E-state index in [4.69, 9.17) is 16.3 Å². The van der Waals surface area contributed by atoms with Gasteiger partial charge in [0.15, 0.2) is 4.34 Å². The molecule has 122 valence electrons. The predicted molar refractivity (Wildman–Crippen MR) is 97.2 cm³/mol. The minimum atomic E-state index is -0.102. The minimum absolute atomic E-state index is 0.102. The topological polar surface area (TPSA) is 64.1 Å². The number of ether oxygens (including phenoxy) is 1. The van der Waals surface area contributed by atoms with E-state index in [1.807, 2.05) is 12.1 Å². The largest absolute Gasteiger partial charge is 0.456 e. The van der Waals surface area contributed by atoms with Gasteiger partial charge in [0.25, 0.3) is 0 Å². The Bertz CT molecular complexity index is 810. The zero-order valence-electron chi connectivity index (χ0n) is 12.3. The quantitative estimate of drug-likeness (QED) is 0.630. The van der Waals surface area contributed by atoms with Crippen LogP contribution < -0.4 is 10.1 Å². The molecule has 0 aliphatic heterocycles. The second-order valence-electron chi connectivity index (χ2n) is 4.60. The maximum absolute atomic E-state index is 11.9. The lowest BCUT2D eigenvalue weighted by Crippen LogP contribution is -2.13. The van der Waals surface area contributed by atoms with Gasteiger partial charge in [-0.2, -0.15) is 0 Å². The lowest BCUT2D eigenvalue weighted by molar-refractivity contribution is -0.113. The number of carbonyl (C=O) groups is 1. The van der Waals surface area contributed by atoms with Gasteiger partial charge in [0.1, 0.15) is 17.0 Å². The van der Waals surface area contributed by atoms with Crippen LogP contribution in [0.1, 0.15) is 0 Å². The van der Waals surface area contributed by atoms with Crippen LogP contribution in [0, 0.1) is 0 Å². The first kappa shape index (κ1) is 16.8. The molecular formula is C16H12ClN3O2S2. The molecule has 0 saturated heterocycles. The van der Waals surface area contributed by atoms with E-state index in [-0.39, 0.29) is 11.7 Å². The molecule has 1 heterocycles. The summed E-state index contributed by atoms with van der Waals surface area (Å²) in [5.74, 6) is 1.41. The van der Waals surface area contributed by atoms with Gasteiger partial charge in [-0.05, 0) is 36.4 Å². The highest BCUT2D eigenvalue weighted by atomic mass is 35.5. The molecular weight excluding hydrogens is 366 g/mol.